The summed E-state index contributed by atoms with van der Waals surface area (Å²) in [6, 6.07) is 2.79. The minimum absolute atomic E-state index is 0. The molecule has 1 aromatic rings. The molecule has 0 fully saturated rings. The molecule has 0 aliphatic carbocycles. The number of rotatable bonds is 5. The van der Waals surface area contributed by atoms with Crippen LogP contribution < -0.4 is 61.6 Å². The van der Waals surface area contributed by atoms with E-state index in [4.69, 9.17) is 4.74 Å². The van der Waals surface area contributed by atoms with Crippen molar-refractivity contribution in [3.63, 3.8) is 0 Å². The number of benzene rings is 1. The third-order valence-electron chi connectivity index (χ3n) is 2.18. The van der Waals surface area contributed by atoms with E-state index in [1.165, 1.54) is 6.92 Å². The van der Waals surface area contributed by atoms with Crippen LogP contribution in [0, 0.1) is 6.92 Å². The van der Waals surface area contributed by atoms with Gasteiger partial charge in [-0.1, -0.05) is 12.1 Å². The molecule has 0 heterocycles. The molecule has 0 bridgehead atoms. The van der Waals surface area contributed by atoms with Crippen LogP contribution in [0.15, 0.2) is 18.2 Å². The van der Waals surface area contributed by atoms with Gasteiger partial charge in [-0.15, -0.1) is 18.6 Å². The van der Waals surface area contributed by atoms with Crippen molar-refractivity contribution >= 4 is 12.4 Å². The maximum Gasteiger partial charge on any atom is 1.00 e. The van der Waals surface area contributed by atoms with Crippen LogP contribution in [0.5, 0.6) is 5.75 Å². The third kappa shape index (κ3) is 7.32. The molecule has 0 atom stereocenters. The molecule has 0 aliphatic rings. The van der Waals surface area contributed by atoms with Gasteiger partial charge in [0.25, 0.3) is 0 Å². The smallest absolute Gasteiger partial charge is 0.491 e. The van der Waals surface area contributed by atoms with Gasteiger partial charge in [0, 0.05) is 0 Å². The normalized spacial score (nSPS) is 11.9. The Kier molecular flexibility index (Phi) is 8.15. The van der Waals surface area contributed by atoms with E-state index < -0.39 is 32.0 Å². The SMILES string of the molecule is Cc1cc([B-](F)(F)F)ccc1OCCOC(F)(F)F.[K+]. The molecule has 108 valence electrons. The molecule has 0 spiro atoms. The van der Waals surface area contributed by atoms with Crippen molar-refractivity contribution in [2.75, 3.05) is 13.2 Å². The fourth-order valence-corrected chi connectivity index (χ4v) is 1.35. The number of hydrogen-bond donors (Lipinski definition) is 0. The van der Waals surface area contributed by atoms with E-state index in [-0.39, 0.29) is 62.7 Å². The fraction of sp³-hybridized carbons (Fsp3) is 0.400. The topological polar surface area (TPSA) is 18.5 Å². The minimum Gasteiger partial charge on any atom is -0.491 e. The molecular weight excluding hydrogens is 316 g/mol. The first-order valence-corrected chi connectivity index (χ1v) is 5.23. The minimum atomic E-state index is -5.10. The summed E-state index contributed by atoms with van der Waals surface area (Å²) >= 11 is 0. The molecule has 0 aromatic heterocycles. The largest absolute Gasteiger partial charge is 1.00 e. The Morgan fingerprint density at radius 1 is 1.10 bits per heavy atom. The van der Waals surface area contributed by atoms with E-state index in [1.54, 1.807) is 0 Å². The summed E-state index contributed by atoms with van der Waals surface area (Å²) in [5, 5.41) is 0. The second kappa shape index (κ2) is 8.04. The summed E-state index contributed by atoms with van der Waals surface area (Å²) in [6.45, 7) is -4.86. The number of hydrogen-bond acceptors (Lipinski definition) is 2. The number of aryl methyl sites for hydroxylation is 1. The average molecular weight is 326 g/mol. The zero-order valence-corrected chi connectivity index (χ0v) is 13.9. The van der Waals surface area contributed by atoms with E-state index in [0.29, 0.717) is 0 Å². The van der Waals surface area contributed by atoms with Crippen molar-refractivity contribution in [3.05, 3.63) is 23.8 Å². The number of ether oxygens (including phenoxy) is 2. The summed E-state index contributed by atoms with van der Waals surface area (Å²) in [6.07, 6.45) is -4.75. The Bertz CT molecular complexity index is 435. The van der Waals surface area contributed by atoms with Gasteiger partial charge >= 0.3 is 64.7 Å². The average Bonchev–Trinajstić information content (AvgIpc) is 2.23. The van der Waals surface area contributed by atoms with Gasteiger partial charge in [0.1, 0.15) is 12.4 Å². The van der Waals surface area contributed by atoms with E-state index in [1.807, 2.05) is 0 Å². The Morgan fingerprint density at radius 3 is 2.15 bits per heavy atom. The van der Waals surface area contributed by atoms with Crippen LogP contribution in [-0.4, -0.2) is 26.6 Å². The molecular formula is C10H10BF6KO2. The zero-order chi connectivity index (χ0) is 14.7. The maximum absolute atomic E-state index is 12.4. The van der Waals surface area contributed by atoms with E-state index in [2.05, 4.69) is 4.74 Å². The molecule has 0 saturated carbocycles. The van der Waals surface area contributed by atoms with Gasteiger partial charge in [0.15, 0.2) is 0 Å². The summed E-state index contributed by atoms with van der Waals surface area (Å²) in [4.78, 5) is 0. The first kappa shape index (κ1) is 20.3. The van der Waals surface area contributed by atoms with Crippen LogP contribution in [0.4, 0.5) is 26.1 Å². The monoisotopic (exact) mass is 326 g/mol. The molecule has 0 aliphatic heterocycles. The number of halogens is 6. The molecule has 0 saturated heterocycles. The van der Waals surface area contributed by atoms with Gasteiger partial charge in [0.2, 0.25) is 0 Å². The molecule has 0 amide bonds. The molecule has 2 nitrogen and oxygen atoms in total. The van der Waals surface area contributed by atoms with Gasteiger partial charge in [-0.05, 0) is 18.6 Å². The van der Waals surface area contributed by atoms with Crippen LogP contribution in [0.2, 0.25) is 0 Å². The molecule has 0 unspecified atom stereocenters. The molecule has 0 N–H and O–H groups in total. The Morgan fingerprint density at radius 2 is 1.70 bits per heavy atom. The van der Waals surface area contributed by atoms with Gasteiger partial charge in [-0.3, -0.25) is 4.74 Å². The van der Waals surface area contributed by atoms with Crippen LogP contribution in [0.3, 0.4) is 0 Å². The van der Waals surface area contributed by atoms with Crippen LogP contribution in [0.1, 0.15) is 5.56 Å². The fourth-order valence-electron chi connectivity index (χ4n) is 1.35. The van der Waals surface area contributed by atoms with E-state index in [9.17, 15) is 26.1 Å². The van der Waals surface area contributed by atoms with Gasteiger partial charge in [-0.2, -0.15) is 0 Å². The summed E-state index contributed by atoms with van der Waals surface area (Å²) in [7, 11) is 0. The zero-order valence-electron chi connectivity index (χ0n) is 10.8. The van der Waals surface area contributed by atoms with Crippen molar-refractivity contribution in [2.24, 2.45) is 0 Å². The van der Waals surface area contributed by atoms with Crippen molar-refractivity contribution in [1.82, 2.24) is 0 Å². The first-order valence-electron chi connectivity index (χ1n) is 5.23. The predicted molar refractivity (Wildman–Crippen MR) is 57.4 cm³/mol. The molecule has 1 aromatic carbocycles. The molecule has 0 radical (unpaired) electrons. The van der Waals surface area contributed by atoms with E-state index >= 15 is 0 Å². The molecule has 10 heteroatoms. The quantitative estimate of drug-likeness (QED) is 0.430. The first-order chi connectivity index (χ1) is 8.59. The van der Waals surface area contributed by atoms with Gasteiger partial charge in [0.05, 0.1) is 6.61 Å². The summed E-state index contributed by atoms with van der Waals surface area (Å²) in [5.41, 5.74) is -0.583. The third-order valence-corrected chi connectivity index (χ3v) is 2.18. The van der Waals surface area contributed by atoms with Crippen molar-refractivity contribution in [1.29, 1.82) is 0 Å². The van der Waals surface area contributed by atoms with Crippen LogP contribution in [0.25, 0.3) is 0 Å². The summed E-state index contributed by atoms with van der Waals surface area (Å²) < 4.78 is 80.6. The Balaban J connectivity index is 0.00000361. The van der Waals surface area contributed by atoms with Gasteiger partial charge < -0.3 is 17.7 Å². The molecule has 1 rings (SSSR count). The standard InChI is InChI=1S/C10H10BF6O2.K/c1-7-6-8(11(15,16)17)2-3-9(7)18-4-5-19-10(12,13)14;/h2-3,6H,4-5H2,1H3;/q-1;+1. The maximum atomic E-state index is 12.4. The van der Waals surface area contributed by atoms with Crippen LogP contribution in [-0.2, 0) is 4.74 Å². The predicted octanol–water partition coefficient (Wildman–Crippen LogP) is -0.0314. The number of alkyl halides is 3. The van der Waals surface area contributed by atoms with Gasteiger partial charge in [-0.25, -0.2) is 0 Å². The Labute approximate surface area is 154 Å². The van der Waals surface area contributed by atoms with Crippen molar-refractivity contribution in [2.45, 2.75) is 13.3 Å². The molecule has 20 heavy (non-hydrogen) atoms. The van der Waals surface area contributed by atoms with Crippen molar-refractivity contribution < 1.29 is 87.0 Å². The Hall–Kier alpha value is 0.261. The van der Waals surface area contributed by atoms with Crippen LogP contribution >= 0.6 is 0 Å². The van der Waals surface area contributed by atoms with Crippen molar-refractivity contribution in [3.8, 4) is 5.75 Å². The second-order valence-electron chi connectivity index (χ2n) is 3.74. The summed E-state index contributed by atoms with van der Waals surface area (Å²) in [5.74, 6) is 0.0922. The van der Waals surface area contributed by atoms with E-state index in [0.717, 1.165) is 18.2 Å². The second-order valence-corrected chi connectivity index (χ2v) is 3.74.